The van der Waals surface area contributed by atoms with Gasteiger partial charge in [0, 0.05) is 50.1 Å². The molecule has 48 heavy (non-hydrogen) atoms. The summed E-state index contributed by atoms with van der Waals surface area (Å²) < 4.78 is 13.3. The number of hydrogen-bond donors (Lipinski definition) is 0. The van der Waals surface area contributed by atoms with Gasteiger partial charge < -0.3 is 24.2 Å². The summed E-state index contributed by atoms with van der Waals surface area (Å²) in [4.78, 5) is 32.9. The minimum absolute atomic E-state index is 0.0750. The molecule has 0 unspecified atom stereocenters. The number of para-hydroxylation sites is 1. The van der Waals surface area contributed by atoms with Crippen molar-refractivity contribution in [3.63, 3.8) is 0 Å². The SMILES string of the molecule is CN(C)CCCN(C)CCn1nnc2c1-c1ccccc1CN(C(=O)CCC(=O)CCCOCCOCCC(C)(C)C)c1ccccc1-2. The molecule has 1 aromatic heterocycles. The summed E-state index contributed by atoms with van der Waals surface area (Å²) in [6.07, 6.45) is 3.51. The Morgan fingerprint density at radius 1 is 0.812 bits per heavy atom. The number of nitrogens with zero attached hydrogens (tertiary/aromatic N) is 6. The van der Waals surface area contributed by atoms with E-state index in [0.717, 1.165) is 72.8 Å². The Morgan fingerprint density at radius 3 is 2.27 bits per heavy atom. The number of aromatic nitrogens is 3. The number of likely N-dealkylation sites (N-methyl/N-ethyl adjacent to an activating group) is 1. The number of carbonyl (C=O) groups is 2. The average molecular weight is 661 g/mol. The predicted molar refractivity (Wildman–Crippen MR) is 192 cm³/mol. The highest BCUT2D eigenvalue weighted by Crippen LogP contribution is 2.41. The highest BCUT2D eigenvalue weighted by molar-refractivity contribution is 6.01. The molecule has 1 aliphatic rings. The fourth-order valence-corrected chi connectivity index (χ4v) is 5.81. The number of fused-ring (bicyclic) bond motifs is 5. The number of Topliss-reactive ketones (excluding diaryl/α,β-unsaturated/α-hetero) is 1. The Morgan fingerprint density at radius 2 is 1.52 bits per heavy atom. The van der Waals surface area contributed by atoms with Crippen molar-refractivity contribution in [2.45, 2.75) is 72.4 Å². The van der Waals surface area contributed by atoms with Crippen LogP contribution in [0, 0.1) is 5.41 Å². The number of rotatable bonds is 19. The summed E-state index contributed by atoms with van der Waals surface area (Å²) in [5, 5.41) is 9.31. The first kappa shape index (κ1) is 37.4. The van der Waals surface area contributed by atoms with Gasteiger partial charge in [0.05, 0.1) is 37.7 Å². The van der Waals surface area contributed by atoms with Gasteiger partial charge in [-0.3, -0.25) is 9.59 Å². The quantitative estimate of drug-likeness (QED) is 0.146. The summed E-state index contributed by atoms with van der Waals surface area (Å²) in [7, 11) is 6.35. The predicted octanol–water partition coefficient (Wildman–Crippen LogP) is 5.94. The van der Waals surface area contributed by atoms with Gasteiger partial charge in [0.1, 0.15) is 11.5 Å². The van der Waals surface area contributed by atoms with Gasteiger partial charge in [0.15, 0.2) is 0 Å². The second-order valence-electron chi connectivity index (χ2n) is 14.3. The van der Waals surface area contributed by atoms with Crippen LogP contribution in [0.5, 0.6) is 0 Å². The van der Waals surface area contributed by atoms with Crippen molar-refractivity contribution in [2.75, 3.05) is 72.1 Å². The highest BCUT2D eigenvalue weighted by Gasteiger charge is 2.29. The molecule has 262 valence electrons. The maximum Gasteiger partial charge on any atom is 0.227 e. The van der Waals surface area contributed by atoms with E-state index in [4.69, 9.17) is 9.47 Å². The molecule has 3 aromatic rings. The highest BCUT2D eigenvalue weighted by atomic mass is 16.5. The summed E-state index contributed by atoms with van der Waals surface area (Å²) in [5.41, 5.74) is 5.70. The number of carbonyl (C=O) groups excluding carboxylic acids is 2. The van der Waals surface area contributed by atoms with Crippen LogP contribution in [0.4, 0.5) is 5.69 Å². The van der Waals surface area contributed by atoms with Crippen LogP contribution in [0.2, 0.25) is 0 Å². The standard InChI is InChI=1S/C38H56N6O4/c1-38(2,3)20-26-48-28-27-47-25-11-14-31(45)18-19-35(46)43-29-30-13-7-8-15-32(30)37-36(33-16-9-10-17-34(33)43)39-40-44(37)24-23-42(6)22-12-21-41(4)5/h7-10,13,15-17H,11-12,14,18-29H2,1-6H3. The zero-order valence-electron chi connectivity index (χ0n) is 30.0. The Labute approximate surface area is 287 Å². The van der Waals surface area contributed by atoms with E-state index in [1.807, 2.05) is 46.0 Å². The van der Waals surface area contributed by atoms with Crippen LogP contribution in [0.1, 0.15) is 64.9 Å². The zero-order valence-corrected chi connectivity index (χ0v) is 30.0. The molecule has 0 saturated heterocycles. The normalized spacial score (nSPS) is 12.9. The molecule has 10 heteroatoms. The van der Waals surface area contributed by atoms with E-state index in [2.05, 4.69) is 74.2 Å². The van der Waals surface area contributed by atoms with Crippen molar-refractivity contribution >= 4 is 17.4 Å². The lowest BCUT2D eigenvalue weighted by Crippen LogP contribution is -2.32. The lowest BCUT2D eigenvalue weighted by Gasteiger charge is -2.28. The second-order valence-corrected chi connectivity index (χ2v) is 14.3. The first-order chi connectivity index (χ1) is 23.0. The molecule has 0 N–H and O–H groups in total. The largest absolute Gasteiger partial charge is 0.379 e. The van der Waals surface area contributed by atoms with E-state index in [-0.39, 0.29) is 29.9 Å². The molecule has 0 saturated carbocycles. The summed E-state index contributed by atoms with van der Waals surface area (Å²) >= 11 is 0. The maximum atomic E-state index is 13.8. The molecule has 1 aliphatic heterocycles. The fourth-order valence-electron chi connectivity index (χ4n) is 5.81. The van der Waals surface area contributed by atoms with Gasteiger partial charge in [-0.15, -0.1) is 5.10 Å². The fraction of sp³-hybridized carbons (Fsp3) is 0.579. The van der Waals surface area contributed by atoms with E-state index < -0.39 is 0 Å². The molecule has 10 nitrogen and oxygen atoms in total. The number of hydrogen-bond acceptors (Lipinski definition) is 8. The topological polar surface area (TPSA) is 93.0 Å². The Kier molecular flexibility index (Phi) is 14.3. The minimum atomic E-state index is -0.0792. The number of anilines is 1. The molecular formula is C38H56N6O4. The van der Waals surface area contributed by atoms with E-state index >= 15 is 0 Å². The van der Waals surface area contributed by atoms with Gasteiger partial charge in [0.25, 0.3) is 0 Å². The van der Waals surface area contributed by atoms with E-state index in [9.17, 15) is 9.59 Å². The number of benzene rings is 2. The van der Waals surface area contributed by atoms with Crippen molar-refractivity contribution in [1.82, 2.24) is 24.8 Å². The number of ether oxygens (including phenoxy) is 2. The molecule has 0 aliphatic carbocycles. The monoisotopic (exact) mass is 660 g/mol. The third-order valence-corrected chi connectivity index (χ3v) is 8.66. The second kappa shape index (κ2) is 18.4. The Bertz CT molecular complexity index is 1460. The molecule has 0 radical (unpaired) electrons. The van der Waals surface area contributed by atoms with Crippen LogP contribution in [0.25, 0.3) is 22.5 Å². The van der Waals surface area contributed by atoms with Gasteiger partial charge >= 0.3 is 0 Å². The van der Waals surface area contributed by atoms with Crippen LogP contribution >= 0.6 is 0 Å². The molecule has 2 heterocycles. The summed E-state index contributed by atoms with van der Waals surface area (Å²) in [6.45, 7) is 12.9. The van der Waals surface area contributed by atoms with Crippen molar-refractivity contribution < 1.29 is 19.1 Å². The lowest BCUT2D eigenvalue weighted by atomic mass is 9.93. The van der Waals surface area contributed by atoms with E-state index in [1.54, 1.807) is 0 Å². The van der Waals surface area contributed by atoms with Gasteiger partial charge in [-0.25, -0.2) is 4.68 Å². The first-order valence-corrected chi connectivity index (χ1v) is 17.5. The van der Waals surface area contributed by atoms with Gasteiger partial charge in [-0.1, -0.05) is 68.4 Å². The molecule has 0 fully saturated rings. The Balaban J connectivity index is 1.37. The summed E-state index contributed by atoms with van der Waals surface area (Å²) in [5.74, 6) is -0.00420. The third kappa shape index (κ3) is 11.3. The molecule has 0 bridgehead atoms. The lowest BCUT2D eigenvalue weighted by molar-refractivity contribution is -0.124. The van der Waals surface area contributed by atoms with Crippen molar-refractivity contribution in [3.8, 4) is 22.5 Å². The molecule has 0 spiro atoms. The third-order valence-electron chi connectivity index (χ3n) is 8.66. The van der Waals surface area contributed by atoms with Gasteiger partial charge in [-0.2, -0.15) is 0 Å². The van der Waals surface area contributed by atoms with Crippen LogP contribution in [-0.2, 0) is 32.2 Å². The molecular weight excluding hydrogens is 604 g/mol. The number of ketones is 1. The van der Waals surface area contributed by atoms with Crippen molar-refractivity contribution in [1.29, 1.82) is 0 Å². The molecule has 1 amide bonds. The maximum absolute atomic E-state index is 13.8. The van der Waals surface area contributed by atoms with Gasteiger partial charge in [0.2, 0.25) is 5.91 Å². The van der Waals surface area contributed by atoms with Crippen LogP contribution in [0.15, 0.2) is 48.5 Å². The van der Waals surface area contributed by atoms with Crippen molar-refractivity contribution in [2.24, 2.45) is 5.41 Å². The van der Waals surface area contributed by atoms with E-state index in [1.165, 1.54) is 0 Å². The summed E-state index contributed by atoms with van der Waals surface area (Å²) in [6, 6.07) is 16.1. The number of amides is 1. The van der Waals surface area contributed by atoms with Crippen LogP contribution in [0.3, 0.4) is 0 Å². The smallest absolute Gasteiger partial charge is 0.227 e. The average Bonchev–Trinajstić information content (AvgIpc) is 3.46. The molecule has 4 rings (SSSR count). The minimum Gasteiger partial charge on any atom is -0.379 e. The van der Waals surface area contributed by atoms with Crippen LogP contribution in [-0.4, -0.2) is 104 Å². The first-order valence-electron chi connectivity index (χ1n) is 17.5. The van der Waals surface area contributed by atoms with Crippen LogP contribution < -0.4 is 4.90 Å². The van der Waals surface area contributed by atoms with Gasteiger partial charge in [-0.05, 0) is 70.5 Å². The zero-order chi connectivity index (χ0) is 34.5. The van der Waals surface area contributed by atoms with E-state index in [0.29, 0.717) is 45.8 Å². The molecule has 0 atom stereocenters. The molecule has 2 aromatic carbocycles. The van der Waals surface area contributed by atoms with Crippen molar-refractivity contribution in [3.05, 3.63) is 54.1 Å². The Hall–Kier alpha value is -3.44.